The first kappa shape index (κ1) is 10.2. The fourth-order valence-electron chi connectivity index (χ4n) is 1.91. The number of benzene rings is 1. The van der Waals surface area contributed by atoms with E-state index in [9.17, 15) is 4.79 Å². The van der Waals surface area contributed by atoms with Crippen LogP contribution in [0.25, 0.3) is 0 Å². The highest BCUT2D eigenvalue weighted by Gasteiger charge is 2.11. The average Bonchev–Trinajstić information content (AvgIpc) is 2.29. The molecule has 1 aliphatic rings. The number of hydrogen-bond acceptors (Lipinski definition) is 3. The molecule has 15 heavy (non-hydrogen) atoms. The lowest BCUT2D eigenvalue weighted by Gasteiger charge is -2.18. The molecule has 2 rings (SSSR count). The van der Waals surface area contributed by atoms with Gasteiger partial charge in [0.2, 0.25) is 0 Å². The van der Waals surface area contributed by atoms with Crippen LogP contribution in [-0.2, 0) is 6.42 Å². The molecule has 1 aromatic carbocycles. The van der Waals surface area contributed by atoms with Gasteiger partial charge < -0.3 is 10.6 Å². The first-order valence-electron chi connectivity index (χ1n) is 5.36. The molecule has 80 valence electrons. The SMILES string of the molecule is CNCC(=O)c1ccc2c(c1)CCCN2. The second-order valence-electron chi connectivity index (χ2n) is 3.86. The van der Waals surface area contributed by atoms with Crippen molar-refractivity contribution in [1.82, 2.24) is 5.32 Å². The molecular formula is C12H16N2O. The Bertz CT molecular complexity index is 374. The Hall–Kier alpha value is -1.35. The molecule has 0 fully saturated rings. The van der Waals surface area contributed by atoms with Crippen molar-refractivity contribution in [3.63, 3.8) is 0 Å². The molecule has 0 radical (unpaired) electrons. The van der Waals surface area contributed by atoms with E-state index in [2.05, 4.69) is 10.6 Å². The Labute approximate surface area is 89.9 Å². The zero-order chi connectivity index (χ0) is 10.7. The van der Waals surface area contributed by atoms with Crippen LogP contribution in [0.15, 0.2) is 18.2 Å². The lowest BCUT2D eigenvalue weighted by molar-refractivity contribution is 0.0993. The molecule has 2 N–H and O–H groups in total. The molecule has 3 heteroatoms. The summed E-state index contributed by atoms with van der Waals surface area (Å²) in [6.07, 6.45) is 2.22. The number of rotatable bonds is 3. The summed E-state index contributed by atoms with van der Waals surface area (Å²) in [5, 5.41) is 6.21. The highest BCUT2D eigenvalue weighted by Crippen LogP contribution is 2.22. The first-order valence-corrected chi connectivity index (χ1v) is 5.36. The highest BCUT2D eigenvalue weighted by molar-refractivity contribution is 5.98. The van der Waals surface area contributed by atoms with E-state index in [-0.39, 0.29) is 5.78 Å². The summed E-state index contributed by atoms with van der Waals surface area (Å²) < 4.78 is 0. The van der Waals surface area contributed by atoms with Crippen molar-refractivity contribution < 1.29 is 4.79 Å². The van der Waals surface area contributed by atoms with E-state index in [0.29, 0.717) is 6.54 Å². The molecule has 0 spiro atoms. The smallest absolute Gasteiger partial charge is 0.176 e. The number of hydrogen-bond donors (Lipinski definition) is 2. The molecule has 0 bridgehead atoms. The predicted octanol–water partition coefficient (Wildman–Crippen LogP) is 1.45. The summed E-state index contributed by atoms with van der Waals surface area (Å²) in [5.74, 6) is 0.158. The van der Waals surface area contributed by atoms with Crippen LogP contribution in [0, 0.1) is 0 Å². The van der Waals surface area contributed by atoms with E-state index in [4.69, 9.17) is 0 Å². The third-order valence-electron chi connectivity index (χ3n) is 2.70. The van der Waals surface area contributed by atoms with E-state index < -0.39 is 0 Å². The number of aryl methyl sites for hydroxylation is 1. The fourth-order valence-corrected chi connectivity index (χ4v) is 1.91. The van der Waals surface area contributed by atoms with E-state index in [1.54, 1.807) is 7.05 Å². The Morgan fingerprint density at radius 1 is 1.53 bits per heavy atom. The molecular weight excluding hydrogens is 188 g/mol. The summed E-state index contributed by atoms with van der Waals surface area (Å²) in [6, 6.07) is 5.93. The van der Waals surface area contributed by atoms with Gasteiger partial charge in [-0.1, -0.05) is 0 Å². The number of Topliss-reactive ketones (excluding diaryl/α,β-unsaturated/α-hetero) is 1. The number of carbonyl (C=O) groups is 1. The molecule has 0 saturated carbocycles. The van der Waals surface area contributed by atoms with Gasteiger partial charge in [0.1, 0.15) is 0 Å². The van der Waals surface area contributed by atoms with Gasteiger partial charge in [0, 0.05) is 17.8 Å². The quantitative estimate of drug-likeness (QED) is 0.732. The Morgan fingerprint density at radius 2 is 2.40 bits per heavy atom. The zero-order valence-electron chi connectivity index (χ0n) is 8.97. The monoisotopic (exact) mass is 204 g/mol. The van der Waals surface area contributed by atoms with Crippen LogP contribution in [0.1, 0.15) is 22.3 Å². The summed E-state index contributed by atoms with van der Waals surface area (Å²) >= 11 is 0. The van der Waals surface area contributed by atoms with Crippen molar-refractivity contribution in [2.75, 3.05) is 25.5 Å². The standard InChI is InChI=1S/C12H16N2O/c1-13-8-12(15)10-4-5-11-9(7-10)3-2-6-14-11/h4-5,7,13-14H,2-3,6,8H2,1H3. The van der Waals surface area contributed by atoms with E-state index >= 15 is 0 Å². The van der Waals surface area contributed by atoms with Gasteiger partial charge in [0.05, 0.1) is 6.54 Å². The largest absolute Gasteiger partial charge is 0.385 e. The van der Waals surface area contributed by atoms with Gasteiger partial charge in [0.15, 0.2) is 5.78 Å². The van der Waals surface area contributed by atoms with Crippen molar-refractivity contribution in [2.45, 2.75) is 12.8 Å². The predicted molar refractivity (Wildman–Crippen MR) is 61.5 cm³/mol. The third kappa shape index (κ3) is 2.18. The molecule has 0 atom stereocenters. The lowest BCUT2D eigenvalue weighted by atomic mass is 9.99. The second kappa shape index (κ2) is 4.45. The topological polar surface area (TPSA) is 41.1 Å². The van der Waals surface area contributed by atoms with E-state index in [1.165, 1.54) is 11.3 Å². The van der Waals surface area contributed by atoms with Crippen molar-refractivity contribution in [3.8, 4) is 0 Å². The minimum absolute atomic E-state index is 0.158. The van der Waals surface area contributed by atoms with Gasteiger partial charge in [-0.25, -0.2) is 0 Å². The van der Waals surface area contributed by atoms with Crippen LogP contribution >= 0.6 is 0 Å². The number of likely N-dealkylation sites (N-methyl/N-ethyl adjacent to an activating group) is 1. The average molecular weight is 204 g/mol. The van der Waals surface area contributed by atoms with Gasteiger partial charge >= 0.3 is 0 Å². The van der Waals surface area contributed by atoms with Gasteiger partial charge in [-0.15, -0.1) is 0 Å². The van der Waals surface area contributed by atoms with E-state index in [0.717, 1.165) is 24.9 Å². The van der Waals surface area contributed by atoms with Crippen molar-refractivity contribution in [2.24, 2.45) is 0 Å². The Kier molecular flexibility index (Phi) is 3.02. The summed E-state index contributed by atoms with van der Waals surface area (Å²) in [6.45, 7) is 1.45. The second-order valence-corrected chi connectivity index (χ2v) is 3.86. The molecule has 1 aromatic rings. The molecule has 0 amide bonds. The molecule has 1 aliphatic heterocycles. The minimum Gasteiger partial charge on any atom is -0.385 e. The number of nitrogens with one attached hydrogen (secondary N) is 2. The first-order chi connectivity index (χ1) is 7.31. The molecule has 1 heterocycles. The van der Waals surface area contributed by atoms with Crippen LogP contribution in [0.3, 0.4) is 0 Å². The summed E-state index contributed by atoms with van der Waals surface area (Å²) in [7, 11) is 1.79. The normalized spacial score (nSPS) is 14.2. The third-order valence-corrected chi connectivity index (χ3v) is 2.70. The zero-order valence-corrected chi connectivity index (χ0v) is 8.97. The number of carbonyl (C=O) groups excluding carboxylic acids is 1. The Morgan fingerprint density at radius 3 is 3.20 bits per heavy atom. The molecule has 0 aromatic heterocycles. The highest BCUT2D eigenvalue weighted by atomic mass is 16.1. The number of fused-ring (bicyclic) bond motifs is 1. The van der Waals surface area contributed by atoms with Crippen molar-refractivity contribution in [3.05, 3.63) is 29.3 Å². The van der Waals surface area contributed by atoms with Gasteiger partial charge in [-0.2, -0.15) is 0 Å². The fraction of sp³-hybridized carbons (Fsp3) is 0.417. The maximum Gasteiger partial charge on any atom is 0.176 e. The van der Waals surface area contributed by atoms with Crippen molar-refractivity contribution in [1.29, 1.82) is 0 Å². The summed E-state index contributed by atoms with van der Waals surface area (Å²) in [4.78, 5) is 11.6. The van der Waals surface area contributed by atoms with Crippen LogP contribution < -0.4 is 10.6 Å². The van der Waals surface area contributed by atoms with Gasteiger partial charge in [-0.3, -0.25) is 4.79 Å². The maximum atomic E-state index is 11.6. The Balaban J connectivity index is 2.24. The van der Waals surface area contributed by atoms with Gasteiger partial charge in [-0.05, 0) is 43.7 Å². The van der Waals surface area contributed by atoms with Crippen LogP contribution in [0.4, 0.5) is 5.69 Å². The van der Waals surface area contributed by atoms with Crippen molar-refractivity contribution >= 4 is 11.5 Å². The number of ketones is 1. The van der Waals surface area contributed by atoms with E-state index in [1.807, 2.05) is 18.2 Å². The van der Waals surface area contributed by atoms with Crippen LogP contribution in [0.5, 0.6) is 0 Å². The minimum atomic E-state index is 0.158. The molecule has 3 nitrogen and oxygen atoms in total. The molecule has 0 aliphatic carbocycles. The maximum absolute atomic E-state index is 11.6. The molecule has 0 unspecified atom stereocenters. The summed E-state index contributed by atoms with van der Waals surface area (Å²) in [5.41, 5.74) is 3.26. The lowest BCUT2D eigenvalue weighted by Crippen LogP contribution is -2.19. The number of anilines is 1. The molecule has 0 saturated heterocycles. The van der Waals surface area contributed by atoms with Gasteiger partial charge in [0.25, 0.3) is 0 Å². The van der Waals surface area contributed by atoms with Crippen LogP contribution in [0.2, 0.25) is 0 Å². The van der Waals surface area contributed by atoms with Crippen LogP contribution in [-0.4, -0.2) is 25.9 Å².